The molecule has 158 valence electrons. The first-order valence-electron chi connectivity index (χ1n) is 9.79. The van der Waals surface area contributed by atoms with Gasteiger partial charge in [-0.2, -0.15) is 0 Å². The van der Waals surface area contributed by atoms with Crippen molar-refractivity contribution in [2.45, 2.75) is 24.5 Å². The summed E-state index contributed by atoms with van der Waals surface area (Å²) in [6.45, 7) is -0.404. The molecule has 4 atom stereocenters. The van der Waals surface area contributed by atoms with Crippen molar-refractivity contribution in [1.82, 2.24) is 19.5 Å². The zero-order chi connectivity index (χ0) is 21.4. The second-order valence-electron chi connectivity index (χ2n) is 7.21. The van der Waals surface area contributed by atoms with E-state index in [0.29, 0.717) is 22.6 Å². The average Bonchev–Trinajstić information content (AvgIpc) is 3.36. The SMILES string of the molecule is OC[C@H]1OC(n2cnc3c(-c4ccc(Oc5ccccc5)cc4)ncnc32)[C@H](O)[C@@H]1O. The molecule has 1 saturated heterocycles. The van der Waals surface area contributed by atoms with Gasteiger partial charge in [-0.25, -0.2) is 15.0 Å². The van der Waals surface area contributed by atoms with Crippen LogP contribution in [0.5, 0.6) is 11.5 Å². The largest absolute Gasteiger partial charge is 0.457 e. The van der Waals surface area contributed by atoms with Crippen LogP contribution in [0.15, 0.2) is 67.3 Å². The van der Waals surface area contributed by atoms with Gasteiger partial charge in [-0.15, -0.1) is 0 Å². The highest BCUT2D eigenvalue weighted by molar-refractivity contribution is 5.87. The Kier molecular flexibility index (Phi) is 5.08. The van der Waals surface area contributed by atoms with E-state index in [4.69, 9.17) is 9.47 Å². The van der Waals surface area contributed by atoms with E-state index in [1.165, 1.54) is 17.2 Å². The summed E-state index contributed by atoms with van der Waals surface area (Å²) in [6.07, 6.45) is -1.33. The first-order chi connectivity index (χ1) is 15.2. The molecule has 9 nitrogen and oxygen atoms in total. The molecule has 0 bridgehead atoms. The predicted octanol–water partition coefficient (Wildman–Crippen LogP) is 1.90. The van der Waals surface area contributed by atoms with Crippen molar-refractivity contribution >= 4 is 11.2 Å². The number of benzene rings is 2. The van der Waals surface area contributed by atoms with Crippen molar-refractivity contribution in [3.05, 3.63) is 67.3 Å². The zero-order valence-electron chi connectivity index (χ0n) is 16.3. The van der Waals surface area contributed by atoms with Gasteiger partial charge in [0.25, 0.3) is 0 Å². The number of aliphatic hydroxyl groups is 3. The number of para-hydroxylation sites is 1. The maximum Gasteiger partial charge on any atom is 0.166 e. The zero-order valence-corrected chi connectivity index (χ0v) is 16.3. The number of hydrogen-bond donors (Lipinski definition) is 3. The van der Waals surface area contributed by atoms with Gasteiger partial charge in [-0.05, 0) is 36.4 Å². The predicted molar refractivity (Wildman–Crippen MR) is 110 cm³/mol. The van der Waals surface area contributed by atoms with Gasteiger partial charge >= 0.3 is 0 Å². The lowest BCUT2D eigenvalue weighted by Crippen LogP contribution is -2.33. The van der Waals surface area contributed by atoms with Crippen LogP contribution in [0.4, 0.5) is 0 Å². The lowest BCUT2D eigenvalue weighted by Gasteiger charge is -2.16. The Balaban J connectivity index is 1.45. The first kappa shape index (κ1) is 19.6. The molecule has 9 heteroatoms. The molecule has 3 heterocycles. The molecule has 2 aromatic heterocycles. The number of imidazole rings is 1. The van der Waals surface area contributed by atoms with Gasteiger partial charge in [0.15, 0.2) is 11.9 Å². The maximum atomic E-state index is 10.3. The number of fused-ring (bicyclic) bond motifs is 1. The molecule has 1 unspecified atom stereocenters. The highest BCUT2D eigenvalue weighted by atomic mass is 16.6. The Morgan fingerprint density at radius 1 is 0.903 bits per heavy atom. The normalized spacial score (nSPS) is 23.3. The fraction of sp³-hybridized carbons (Fsp3) is 0.227. The minimum absolute atomic E-state index is 0.404. The van der Waals surface area contributed by atoms with Crippen LogP contribution in [0.2, 0.25) is 0 Å². The van der Waals surface area contributed by atoms with Crippen LogP contribution in [-0.2, 0) is 4.74 Å². The topological polar surface area (TPSA) is 123 Å². The monoisotopic (exact) mass is 420 g/mol. The summed E-state index contributed by atoms with van der Waals surface area (Å²) in [5.41, 5.74) is 2.40. The molecule has 1 aliphatic rings. The van der Waals surface area contributed by atoms with Crippen LogP contribution in [0, 0.1) is 0 Å². The highest BCUT2D eigenvalue weighted by Gasteiger charge is 2.44. The number of nitrogens with zero attached hydrogens (tertiary/aromatic N) is 4. The molecule has 4 aromatic rings. The summed E-state index contributed by atoms with van der Waals surface area (Å²) in [4.78, 5) is 13.1. The fourth-order valence-electron chi connectivity index (χ4n) is 3.66. The quantitative estimate of drug-likeness (QED) is 0.447. The number of rotatable bonds is 5. The van der Waals surface area contributed by atoms with Crippen molar-refractivity contribution in [3.8, 4) is 22.8 Å². The van der Waals surface area contributed by atoms with E-state index in [1.54, 1.807) is 0 Å². The number of hydrogen-bond acceptors (Lipinski definition) is 8. The molecule has 0 radical (unpaired) electrons. The van der Waals surface area contributed by atoms with Crippen LogP contribution < -0.4 is 4.74 Å². The molecular formula is C22H20N4O5. The van der Waals surface area contributed by atoms with Gasteiger partial charge < -0.3 is 24.8 Å². The van der Waals surface area contributed by atoms with Gasteiger partial charge in [0.05, 0.1) is 12.9 Å². The second kappa shape index (κ2) is 8.05. The third-order valence-electron chi connectivity index (χ3n) is 5.26. The van der Waals surface area contributed by atoms with E-state index >= 15 is 0 Å². The van der Waals surface area contributed by atoms with E-state index < -0.39 is 31.1 Å². The molecular weight excluding hydrogens is 400 g/mol. The highest BCUT2D eigenvalue weighted by Crippen LogP contribution is 2.33. The van der Waals surface area contributed by atoms with Crippen LogP contribution in [0.3, 0.4) is 0 Å². The number of ether oxygens (including phenoxy) is 2. The molecule has 0 aliphatic carbocycles. The van der Waals surface area contributed by atoms with Gasteiger partial charge in [0, 0.05) is 5.56 Å². The van der Waals surface area contributed by atoms with Crippen LogP contribution in [0.25, 0.3) is 22.4 Å². The van der Waals surface area contributed by atoms with Gasteiger partial charge in [-0.3, -0.25) is 4.57 Å². The van der Waals surface area contributed by atoms with E-state index in [1.807, 2.05) is 54.6 Å². The molecule has 0 saturated carbocycles. The summed E-state index contributed by atoms with van der Waals surface area (Å²) in [7, 11) is 0. The average molecular weight is 420 g/mol. The molecule has 2 aromatic carbocycles. The van der Waals surface area contributed by atoms with E-state index in [0.717, 1.165) is 11.3 Å². The Morgan fingerprint density at radius 3 is 2.35 bits per heavy atom. The molecule has 1 aliphatic heterocycles. The summed E-state index contributed by atoms with van der Waals surface area (Å²) < 4.78 is 13.0. The molecule has 31 heavy (non-hydrogen) atoms. The Morgan fingerprint density at radius 2 is 1.65 bits per heavy atom. The lowest BCUT2D eigenvalue weighted by molar-refractivity contribution is -0.0511. The second-order valence-corrected chi connectivity index (χ2v) is 7.21. The van der Waals surface area contributed by atoms with Crippen LogP contribution in [-0.4, -0.2) is 59.8 Å². The third-order valence-corrected chi connectivity index (χ3v) is 5.26. The minimum Gasteiger partial charge on any atom is -0.457 e. The number of aliphatic hydroxyl groups excluding tert-OH is 3. The molecule has 0 amide bonds. The Labute approximate surface area is 177 Å². The van der Waals surface area contributed by atoms with Crippen LogP contribution in [0.1, 0.15) is 6.23 Å². The van der Waals surface area contributed by atoms with Gasteiger partial charge in [0.1, 0.15) is 47.3 Å². The van der Waals surface area contributed by atoms with E-state index in [-0.39, 0.29) is 0 Å². The molecule has 5 rings (SSSR count). The smallest absolute Gasteiger partial charge is 0.166 e. The van der Waals surface area contributed by atoms with Crippen molar-refractivity contribution in [2.75, 3.05) is 6.61 Å². The van der Waals surface area contributed by atoms with Crippen molar-refractivity contribution in [2.24, 2.45) is 0 Å². The summed E-state index contributed by atoms with van der Waals surface area (Å²) in [5, 5.41) is 29.7. The van der Waals surface area contributed by atoms with E-state index in [9.17, 15) is 15.3 Å². The summed E-state index contributed by atoms with van der Waals surface area (Å²) >= 11 is 0. The standard InChI is InChI=1S/C22H20N4O5/c27-10-16-19(28)20(29)22(31-16)26-12-25-18-17(23-11-24-21(18)26)13-6-8-15(9-7-13)30-14-4-2-1-3-5-14/h1-9,11-12,16,19-20,22,27-29H,10H2/t16-,19-,20-,22?/m1/s1. The summed E-state index contributed by atoms with van der Waals surface area (Å²) in [5.74, 6) is 1.44. The molecule has 3 N–H and O–H groups in total. The van der Waals surface area contributed by atoms with Crippen molar-refractivity contribution < 1.29 is 24.8 Å². The van der Waals surface area contributed by atoms with E-state index in [2.05, 4.69) is 15.0 Å². The van der Waals surface area contributed by atoms with Gasteiger partial charge in [-0.1, -0.05) is 18.2 Å². The van der Waals surface area contributed by atoms with Crippen molar-refractivity contribution in [3.63, 3.8) is 0 Å². The van der Waals surface area contributed by atoms with Crippen molar-refractivity contribution in [1.29, 1.82) is 0 Å². The number of aromatic nitrogens is 4. The maximum absolute atomic E-state index is 10.3. The fourth-order valence-corrected chi connectivity index (χ4v) is 3.66. The third kappa shape index (κ3) is 3.53. The van der Waals surface area contributed by atoms with Crippen LogP contribution >= 0.6 is 0 Å². The lowest BCUT2D eigenvalue weighted by atomic mass is 10.1. The Hall–Kier alpha value is -3.37. The van der Waals surface area contributed by atoms with Gasteiger partial charge in [0.2, 0.25) is 0 Å². The molecule has 1 fully saturated rings. The minimum atomic E-state index is -1.22. The molecule has 0 spiro atoms. The summed E-state index contributed by atoms with van der Waals surface area (Å²) in [6, 6.07) is 17.0. The Bertz CT molecular complexity index is 1180. The first-order valence-corrected chi connectivity index (χ1v) is 9.79.